The van der Waals surface area contributed by atoms with Crippen LogP contribution in [-0.4, -0.2) is 40.9 Å². The fourth-order valence-electron chi connectivity index (χ4n) is 4.02. The summed E-state index contributed by atoms with van der Waals surface area (Å²) in [6.07, 6.45) is 7.29. The maximum atomic E-state index is 13.3. The van der Waals surface area contributed by atoms with E-state index in [4.69, 9.17) is 9.47 Å². The number of aromatic nitrogens is 3. The van der Waals surface area contributed by atoms with Gasteiger partial charge in [0.15, 0.2) is 0 Å². The first-order chi connectivity index (χ1) is 16.6. The zero-order chi connectivity index (χ0) is 23.7. The van der Waals surface area contributed by atoms with Crippen molar-refractivity contribution in [3.8, 4) is 11.4 Å². The summed E-state index contributed by atoms with van der Waals surface area (Å²) in [7, 11) is 3.29. The smallest absolute Gasteiger partial charge is 0.283 e. The fraction of sp³-hybridized carbons (Fsp3) is 0.160. The molecular formula is C25H23N5O3S. The second-order valence-electron chi connectivity index (χ2n) is 7.76. The van der Waals surface area contributed by atoms with E-state index in [0.717, 1.165) is 49.4 Å². The predicted molar refractivity (Wildman–Crippen MR) is 134 cm³/mol. The van der Waals surface area contributed by atoms with Gasteiger partial charge in [-0.05, 0) is 48.9 Å². The molecule has 0 aliphatic rings. The number of benzene rings is 1. The highest BCUT2D eigenvalue weighted by molar-refractivity contribution is 7.21. The maximum Gasteiger partial charge on any atom is 0.283 e. The molecule has 4 heterocycles. The van der Waals surface area contributed by atoms with Crippen LogP contribution in [0.3, 0.4) is 0 Å². The summed E-state index contributed by atoms with van der Waals surface area (Å²) in [4.78, 5) is 22.5. The lowest BCUT2D eigenvalue weighted by molar-refractivity contribution is 0.0959. The van der Waals surface area contributed by atoms with Gasteiger partial charge in [0.05, 0.1) is 25.6 Å². The number of fused-ring (bicyclic) bond motifs is 2. The van der Waals surface area contributed by atoms with Crippen LogP contribution in [0, 0.1) is 6.92 Å². The van der Waals surface area contributed by atoms with Gasteiger partial charge in [-0.15, -0.1) is 11.3 Å². The first-order valence-electron chi connectivity index (χ1n) is 10.6. The highest BCUT2D eigenvalue weighted by Gasteiger charge is 2.23. The lowest BCUT2D eigenvalue weighted by Gasteiger charge is -2.09. The molecule has 8 nitrogen and oxygen atoms in total. The number of nitrogens with one attached hydrogen (secondary N) is 2. The molecule has 2 N–H and O–H groups in total. The third-order valence-corrected chi connectivity index (χ3v) is 6.58. The van der Waals surface area contributed by atoms with Crippen molar-refractivity contribution in [1.29, 1.82) is 0 Å². The topological polar surface area (TPSA) is 93.5 Å². The van der Waals surface area contributed by atoms with E-state index in [1.807, 2.05) is 66.5 Å². The van der Waals surface area contributed by atoms with Gasteiger partial charge in [0.25, 0.3) is 5.91 Å². The monoisotopic (exact) mass is 473 g/mol. The van der Waals surface area contributed by atoms with Crippen LogP contribution in [0.15, 0.2) is 60.1 Å². The van der Waals surface area contributed by atoms with Crippen molar-refractivity contribution in [1.82, 2.24) is 20.0 Å². The van der Waals surface area contributed by atoms with Gasteiger partial charge in [0.1, 0.15) is 15.5 Å². The molecule has 5 rings (SSSR count). The van der Waals surface area contributed by atoms with Crippen LogP contribution in [0.2, 0.25) is 0 Å². The molecule has 0 aliphatic carbocycles. The van der Waals surface area contributed by atoms with Gasteiger partial charge >= 0.3 is 0 Å². The van der Waals surface area contributed by atoms with E-state index in [0.29, 0.717) is 11.5 Å². The van der Waals surface area contributed by atoms with Gasteiger partial charge in [-0.2, -0.15) is 5.10 Å². The molecule has 1 amide bonds. The SMILES string of the molecule is COCc1cc(C)nc2sc(C(=O)N/N=C/c3c[nH]c4ccc(OC)cc34)c(-n3cccc3)c12. The fourth-order valence-corrected chi connectivity index (χ4v) is 5.17. The Morgan fingerprint density at radius 3 is 2.85 bits per heavy atom. The minimum Gasteiger partial charge on any atom is -0.497 e. The van der Waals surface area contributed by atoms with E-state index in [1.54, 1.807) is 20.4 Å². The molecule has 34 heavy (non-hydrogen) atoms. The number of nitrogens with zero attached hydrogens (tertiary/aromatic N) is 3. The molecule has 5 aromatic rings. The van der Waals surface area contributed by atoms with Crippen LogP contribution < -0.4 is 10.2 Å². The average Bonchev–Trinajstić information content (AvgIpc) is 3.57. The number of carbonyl (C=O) groups is 1. The lowest BCUT2D eigenvalue weighted by atomic mass is 10.1. The molecule has 0 radical (unpaired) electrons. The molecule has 0 spiro atoms. The number of rotatable bonds is 7. The molecule has 172 valence electrons. The quantitative estimate of drug-likeness (QED) is 0.262. The molecule has 0 saturated carbocycles. The number of aromatic amines is 1. The highest BCUT2D eigenvalue weighted by Crippen LogP contribution is 2.36. The Labute approximate surface area is 199 Å². The zero-order valence-corrected chi connectivity index (χ0v) is 19.8. The number of thiophene rings is 1. The minimum atomic E-state index is -0.304. The number of hydrogen-bond acceptors (Lipinski definition) is 6. The summed E-state index contributed by atoms with van der Waals surface area (Å²) in [5.41, 5.74) is 7.12. The Bertz CT molecular complexity index is 1510. The summed E-state index contributed by atoms with van der Waals surface area (Å²) in [5.74, 6) is 0.448. The predicted octanol–water partition coefficient (Wildman–Crippen LogP) is 4.80. The normalized spacial score (nSPS) is 11.6. The van der Waals surface area contributed by atoms with Crippen LogP contribution in [0.25, 0.3) is 26.8 Å². The van der Waals surface area contributed by atoms with Gasteiger partial charge in [0.2, 0.25) is 0 Å². The molecule has 0 atom stereocenters. The number of hydrogen-bond donors (Lipinski definition) is 2. The molecule has 9 heteroatoms. The molecule has 4 aromatic heterocycles. The minimum absolute atomic E-state index is 0.304. The first kappa shape index (κ1) is 21.9. The van der Waals surface area contributed by atoms with E-state index >= 15 is 0 Å². The molecule has 0 saturated heterocycles. The Kier molecular flexibility index (Phi) is 5.87. The molecule has 0 bridgehead atoms. The van der Waals surface area contributed by atoms with Crippen LogP contribution in [-0.2, 0) is 11.3 Å². The summed E-state index contributed by atoms with van der Waals surface area (Å²) >= 11 is 1.34. The van der Waals surface area contributed by atoms with Gasteiger partial charge in [-0.1, -0.05) is 0 Å². The van der Waals surface area contributed by atoms with Crippen LogP contribution in [0.4, 0.5) is 0 Å². The summed E-state index contributed by atoms with van der Waals surface area (Å²) < 4.78 is 12.7. The van der Waals surface area contributed by atoms with Crippen molar-refractivity contribution in [3.05, 3.63) is 76.7 Å². The Morgan fingerprint density at radius 1 is 1.26 bits per heavy atom. The first-order valence-corrected chi connectivity index (χ1v) is 11.4. The zero-order valence-electron chi connectivity index (χ0n) is 19.0. The van der Waals surface area contributed by atoms with Crippen molar-refractivity contribution >= 4 is 44.6 Å². The highest BCUT2D eigenvalue weighted by atomic mass is 32.1. The van der Waals surface area contributed by atoms with Gasteiger partial charge in [-0.25, -0.2) is 10.4 Å². The molecule has 0 fully saturated rings. The molecule has 0 unspecified atom stereocenters. The molecule has 0 aliphatic heterocycles. The number of H-pyrrole nitrogens is 1. The lowest BCUT2D eigenvalue weighted by Crippen LogP contribution is -2.18. The van der Waals surface area contributed by atoms with Crippen molar-refractivity contribution < 1.29 is 14.3 Å². The largest absolute Gasteiger partial charge is 0.497 e. The van der Waals surface area contributed by atoms with E-state index in [1.165, 1.54) is 11.3 Å². The van der Waals surface area contributed by atoms with Gasteiger partial charge in [-0.3, -0.25) is 4.79 Å². The van der Waals surface area contributed by atoms with Crippen molar-refractivity contribution in [3.63, 3.8) is 0 Å². The number of hydrazone groups is 1. The van der Waals surface area contributed by atoms with Crippen LogP contribution >= 0.6 is 11.3 Å². The molecular weight excluding hydrogens is 450 g/mol. The number of methoxy groups -OCH3 is 2. The van der Waals surface area contributed by atoms with Crippen molar-refractivity contribution in [2.45, 2.75) is 13.5 Å². The molecule has 1 aromatic carbocycles. The Hall–Kier alpha value is -3.95. The summed E-state index contributed by atoms with van der Waals surface area (Å²) in [6.45, 7) is 2.36. The number of aryl methyl sites for hydroxylation is 1. The maximum absolute atomic E-state index is 13.3. The van der Waals surface area contributed by atoms with Crippen molar-refractivity contribution in [2.24, 2.45) is 5.10 Å². The average molecular weight is 474 g/mol. The van der Waals surface area contributed by atoms with Crippen LogP contribution in [0.1, 0.15) is 26.5 Å². The van der Waals surface area contributed by atoms with Gasteiger partial charge in [0, 0.05) is 53.2 Å². The third kappa shape index (κ3) is 3.95. The standard InChI is InChI=1S/C25H23N5O3S/c1-15-10-16(14-32-2)21-22(30-8-4-5-9-30)23(34-25(21)28-15)24(31)29-27-13-17-12-26-20-7-6-18(33-3)11-19(17)20/h4-13,26H,14H2,1-3H3,(H,29,31)/b27-13+. The second kappa shape index (κ2) is 9.12. The number of pyridine rings is 1. The van der Waals surface area contributed by atoms with E-state index in [2.05, 4.69) is 20.5 Å². The Balaban J connectivity index is 1.51. The Morgan fingerprint density at radius 2 is 2.09 bits per heavy atom. The second-order valence-corrected chi connectivity index (χ2v) is 8.76. The van der Waals surface area contributed by atoms with E-state index in [9.17, 15) is 4.79 Å². The van der Waals surface area contributed by atoms with E-state index in [-0.39, 0.29) is 5.91 Å². The number of amides is 1. The van der Waals surface area contributed by atoms with Gasteiger partial charge < -0.3 is 19.0 Å². The van der Waals surface area contributed by atoms with Crippen molar-refractivity contribution in [2.75, 3.05) is 14.2 Å². The third-order valence-electron chi connectivity index (χ3n) is 5.51. The number of carbonyl (C=O) groups excluding carboxylic acids is 1. The van der Waals surface area contributed by atoms with Crippen LogP contribution in [0.5, 0.6) is 5.75 Å². The van der Waals surface area contributed by atoms with E-state index < -0.39 is 0 Å². The summed E-state index contributed by atoms with van der Waals surface area (Å²) in [6, 6.07) is 11.6. The number of ether oxygens (including phenoxy) is 2. The summed E-state index contributed by atoms with van der Waals surface area (Å²) in [5, 5.41) is 6.10.